The summed E-state index contributed by atoms with van der Waals surface area (Å²) in [5.74, 6) is 0.616. The summed E-state index contributed by atoms with van der Waals surface area (Å²) >= 11 is 6.06. The van der Waals surface area contributed by atoms with E-state index in [1.807, 2.05) is 44.2 Å². The van der Waals surface area contributed by atoms with Crippen LogP contribution < -0.4 is 10.1 Å². The average molecular weight is 304 g/mol. The summed E-state index contributed by atoms with van der Waals surface area (Å²) in [6.45, 7) is 4.78. The minimum absolute atomic E-state index is 0.187. The first-order valence-electron chi connectivity index (χ1n) is 6.80. The van der Waals surface area contributed by atoms with Gasteiger partial charge in [-0.3, -0.25) is 4.79 Å². The lowest BCUT2D eigenvalue weighted by Crippen LogP contribution is -2.28. The lowest BCUT2D eigenvalue weighted by molar-refractivity contribution is 0.0947. The van der Waals surface area contributed by atoms with Crippen LogP contribution in [0.25, 0.3) is 0 Å². The second kappa shape index (κ2) is 7.14. The van der Waals surface area contributed by atoms with Gasteiger partial charge in [-0.05, 0) is 49.2 Å². The molecule has 2 aromatic carbocycles. The van der Waals surface area contributed by atoms with Crippen LogP contribution in [0.3, 0.4) is 0 Å². The maximum absolute atomic E-state index is 12.0. The van der Waals surface area contributed by atoms with Crippen molar-refractivity contribution in [1.82, 2.24) is 5.32 Å². The Morgan fingerprint density at radius 1 is 1.14 bits per heavy atom. The van der Waals surface area contributed by atoms with Crippen LogP contribution in [-0.4, -0.2) is 19.1 Å². The van der Waals surface area contributed by atoms with Crippen molar-refractivity contribution in [2.75, 3.05) is 13.2 Å². The van der Waals surface area contributed by atoms with Gasteiger partial charge in [0.1, 0.15) is 12.4 Å². The third kappa shape index (κ3) is 4.50. The molecule has 4 heteroatoms. The molecule has 0 heterocycles. The molecular weight excluding hydrogens is 286 g/mol. The summed E-state index contributed by atoms with van der Waals surface area (Å²) < 4.78 is 5.57. The van der Waals surface area contributed by atoms with Crippen molar-refractivity contribution in [2.24, 2.45) is 0 Å². The Hall–Kier alpha value is -2.00. The molecule has 0 spiro atoms. The zero-order valence-corrected chi connectivity index (χ0v) is 12.9. The van der Waals surface area contributed by atoms with E-state index in [2.05, 4.69) is 5.32 Å². The van der Waals surface area contributed by atoms with Gasteiger partial charge in [-0.25, -0.2) is 0 Å². The third-order valence-electron chi connectivity index (χ3n) is 3.02. The fourth-order valence-corrected chi connectivity index (χ4v) is 2.26. The topological polar surface area (TPSA) is 38.3 Å². The third-order valence-corrected chi connectivity index (χ3v) is 3.33. The van der Waals surface area contributed by atoms with Crippen molar-refractivity contribution in [3.05, 3.63) is 64.2 Å². The van der Waals surface area contributed by atoms with E-state index < -0.39 is 0 Å². The fourth-order valence-electron chi connectivity index (χ4n) is 1.94. The van der Waals surface area contributed by atoms with E-state index in [9.17, 15) is 4.79 Å². The van der Waals surface area contributed by atoms with Crippen LogP contribution in [-0.2, 0) is 0 Å². The minimum atomic E-state index is -0.187. The highest BCUT2D eigenvalue weighted by atomic mass is 35.5. The zero-order chi connectivity index (χ0) is 15.2. The highest BCUT2D eigenvalue weighted by molar-refractivity contribution is 6.33. The molecule has 0 saturated carbocycles. The van der Waals surface area contributed by atoms with Gasteiger partial charge < -0.3 is 10.1 Å². The maximum atomic E-state index is 12.0. The number of rotatable bonds is 5. The van der Waals surface area contributed by atoms with Gasteiger partial charge in [0.15, 0.2) is 0 Å². The zero-order valence-electron chi connectivity index (χ0n) is 12.2. The summed E-state index contributed by atoms with van der Waals surface area (Å²) in [7, 11) is 0. The molecule has 0 bridgehead atoms. The molecule has 0 aliphatic heterocycles. The quantitative estimate of drug-likeness (QED) is 0.854. The Bertz CT molecular complexity index is 640. The fraction of sp³-hybridized carbons (Fsp3) is 0.235. The van der Waals surface area contributed by atoms with Crippen molar-refractivity contribution in [2.45, 2.75) is 13.8 Å². The summed E-state index contributed by atoms with van der Waals surface area (Å²) in [6.07, 6.45) is 0. The lowest BCUT2D eigenvalue weighted by atomic mass is 10.1. The molecule has 0 fully saturated rings. The molecule has 0 aromatic heterocycles. The molecule has 110 valence electrons. The molecular formula is C17H18ClNO2. The number of hydrogen-bond acceptors (Lipinski definition) is 2. The predicted molar refractivity (Wildman–Crippen MR) is 85.2 cm³/mol. The minimum Gasteiger partial charge on any atom is -0.492 e. The number of ether oxygens (including phenoxy) is 1. The average Bonchev–Trinajstić information content (AvgIpc) is 2.43. The van der Waals surface area contributed by atoms with Crippen LogP contribution in [0.1, 0.15) is 21.5 Å². The molecule has 0 radical (unpaired) electrons. The standard InChI is InChI=1S/C17H18ClNO2/c1-12-4-3-5-14(10-12)21-9-8-19-17(20)15-7-6-13(2)11-16(15)18/h3-7,10-11H,8-9H2,1-2H3,(H,19,20). The number of nitrogens with one attached hydrogen (secondary N) is 1. The van der Waals surface area contributed by atoms with Crippen LogP contribution in [0.4, 0.5) is 0 Å². The molecule has 3 nitrogen and oxygen atoms in total. The number of carbonyl (C=O) groups is 1. The van der Waals surface area contributed by atoms with Crippen molar-refractivity contribution in [1.29, 1.82) is 0 Å². The van der Waals surface area contributed by atoms with Crippen LogP contribution >= 0.6 is 11.6 Å². The second-order valence-corrected chi connectivity index (χ2v) is 5.31. The van der Waals surface area contributed by atoms with Gasteiger partial charge in [-0.15, -0.1) is 0 Å². The van der Waals surface area contributed by atoms with E-state index in [0.29, 0.717) is 23.7 Å². The number of hydrogen-bond donors (Lipinski definition) is 1. The molecule has 2 rings (SSSR count). The number of aryl methyl sites for hydroxylation is 2. The molecule has 0 unspecified atom stereocenters. The van der Waals surface area contributed by atoms with Crippen molar-refractivity contribution in [3.8, 4) is 5.75 Å². The largest absolute Gasteiger partial charge is 0.492 e. The summed E-state index contributed by atoms with van der Waals surface area (Å²) in [5, 5.41) is 3.26. The molecule has 0 saturated heterocycles. The van der Waals surface area contributed by atoms with E-state index >= 15 is 0 Å². The first kappa shape index (κ1) is 15.4. The number of benzene rings is 2. The van der Waals surface area contributed by atoms with Crippen molar-refractivity contribution in [3.63, 3.8) is 0 Å². The van der Waals surface area contributed by atoms with Gasteiger partial charge in [0.25, 0.3) is 5.91 Å². The molecule has 1 N–H and O–H groups in total. The molecule has 1 amide bonds. The SMILES string of the molecule is Cc1cccc(OCCNC(=O)c2ccc(C)cc2Cl)c1. The Balaban J connectivity index is 1.82. The Morgan fingerprint density at radius 3 is 2.62 bits per heavy atom. The lowest BCUT2D eigenvalue weighted by Gasteiger charge is -2.09. The second-order valence-electron chi connectivity index (χ2n) is 4.90. The van der Waals surface area contributed by atoms with Gasteiger partial charge in [-0.1, -0.05) is 29.8 Å². The normalized spacial score (nSPS) is 10.2. The van der Waals surface area contributed by atoms with E-state index in [4.69, 9.17) is 16.3 Å². The maximum Gasteiger partial charge on any atom is 0.252 e. The first-order valence-corrected chi connectivity index (χ1v) is 7.18. The highest BCUT2D eigenvalue weighted by Gasteiger charge is 2.09. The number of halogens is 1. The van der Waals surface area contributed by atoms with E-state index in [1.165, 1.54) is 0 Å². The van der Waals surface area contributed by atoms with Gasteiger partial charge >= 0.3 is 0 Å². The summed E-state index contributed by atoms with van der Waals surface area (Å²) in [4.78, 5) is 12.0. The van der Waals surface area contributed by atoms with Crippen LogP contribution in [0, 0.1) is 13.8 Å². The van der Waals surface area contributed by atoms with E-state index in [0.717, 1.165) is 16.9 Å². The van der Waals surface area contributed by atoms with Crippen LogP contribution in [0.15, 0.2) is 42.5 Å². The van der Waals surface area contributed by atoms with Crippen molar-refractivity contribution < 1.29 is 9.53 Å². The van der Waals surface area contributed by atoms with Crippen molar-refractivity contribution >= 4 is 17.5 Å². The Kier molecular flexibility index (Phi) is 5.23. The molecule has 21 heavy (non-hydrogen) atoms. The molecule has 2 aromatic rings. The molecule has 0 aliphatic rings. The Labute approximate surface area is 129 Å². The molecule has 0 aliphatic carbocycles. The van der Waals surface area contributed by atoms with Gasteiger partial charge in [0.05, 0.1) is 17.1 Å². The Morgan fingerprint density at radius 2 is 1.90 bits per heavy atom. The van der Waals surface area contributed by atoms with Crippen LogP contribution in [0.5, 0.6) is 5.75 Å². The first-order chi connectivity index (χ1) is 10.1. The number of carbonyl (C=O) groups excluding carboxylic acids is 1. The van der Waals surface area contributed by atoms with Gasteiger partial charge in [-0.2, -0.15) is 0 Å². The number of amides is 1. The van der Waals surface area contributed by atoms with Gasteiger partial charge in [0.2, 0.25) is 0 Å². The highest BCUT2D eigenvalue weighted by Crippen LogP contribution is 2.17. The monoisotopic (exact) mass is 303 g/mol. The van der Waals surface area contributed by atoms with E-state index in [-0.39, 0.29) is 5.91 Å². The van der Waals surface area contributed by atoms with Gasteiger partial charge in [0, 0.05) is 0 Å². The van der Waals surface area contributed by atoms with Crippen LogP contribution in [0.2, 0.25) is 5.02 Å². The molecule has 0 atom stereocenters. The summed E-state index contributed by atoms with van der Waals surface area (Å²) in [6, 6.07) is 13.2. The van der Waals surface area contributed by atoms with E-state index in [1.54, 1.807) is 12.1 Å². The smallest absolute Gasteiger partial charge is 0.252 e. The summed E-state index contributed by atoms with van der Waals surface area (Å²) in [5.41, 5.74) is 2.65. The predicted octanol–water partition coefficient (Wildman–Crippen LogP) is 3.77.